The molecule has 3 aromatic rings. The fourth-order valence-corrected chi connectivity index (χ4v) is 4.83. The average Bonchev–Trinajstić information content (AvgIpc) is 3.09. The molecule has 1 aliphatic rings. The van der Waals surface area contributed by atoms with Crippen molar-refractivity contribution in [1.29, 1.82) is 0 Å². The van der Waals surface area contributed by atoms with Gasteiger partial charge in [0.15, 0.2) is 6.10 Å². The lowest BCUT2D eigenvalue weighted by molar-refractivity contribution is -0.128. The lowest BCUT2D eigenvalue weighted by Gasteiger charge is -2.36. The first-order valence-electron chi connectivity index (χ1n) is 10.00. The Hall–Kier alpha value is -2.61. The first kappa shape index (κ1) is 22.6. The number of rotatable bonds is 4. The Morgan fingerprint density at radius 2 is 1.97 bits per heavy atom. The number of aromatic nitrogens is 1. The summed E-state index contributed by atoms with van der Waals surface area (Å²) in [4.78, 5) is 33.3. The molecule has 4 rings (SSSR count). The summed E-state index contributed by atoms with van der Waals surface area (Å²) in [6, 6.07) is 9.55. The van der Waals surface area contributed by atoms with Gasteiger partial charge in [-0.15, -0.1) is 11.3 Å². The van der Waals surface area contributed by atoms with Crippen LogP contribution >= 0.6 is 34.5 Å². The van der Waals surface area contributed by atoms with Crippen LogP contribution in [-0.4, -0.2) is 28.9 Å². The van der Waals surface area contributed by atoms with Crippen LogP contribution in [0.25, 0.3) is 11.3 Å². The van der Waals surface area contributed by atoms with E-state index in [0.717, 1.165) is 21.1 Å². The highest BCUT2D eigenvalue weighted by atomic mass is 35.5. The van der Waals surface area contributed by atoms with Crippen LogP contribution in [0.1, 0.15) is 23.7 Å². The lowest BCUT2D eigenvalue weighted by Crippen LogP contribution is -2.52. The highest BCUT2D eigenvalue weighted by Crippen LogP contribution is 2.40. The third-order valence-corrected chi connectivity index (χ3v) is 6.69. The summed E-state index contributed by atoms with van der Waals surface area (Å²) >= 11 is 13.8. The average molecular weight is 490 g/mol. The van der Waals surface area contributed by atoms with Crippen molar-refractivity contribution in [3.8, 4) is 17.0 Å². The molecule has 9 heteroatoms. The number of carbonyl (C=O) groups is 2. The molecule has 0 aliphatic carbocycles. The smallest absolute Gasteiger partial charge is 0.268 e. The second-order valence-electron chi connectivity index (χ2n) is 7.58. The molecule has 6 nitrogen and oxygen atoms in total. The largest absolute Gasteiger partial charge is 0.479 e. The summed E-state index contributed by atoms with van der Waals surface area (Å²) in [6.07, 6.45) is -0.721. The Bertz CT molecular complexity index is 1230. The van der Waals surface area contributed by atoms with Crippen LogP contribution < -0.4 is 15.0 Å². The number of thiazole rings is 1. The first-order valence-corrected chi connectivity index (χ1v) is 11.6. The molecular weight excluding hydrogens is 469 g/mol. The predicted molar refractivity (Wildman–Crippen MR) is 129 cm³/mol. The van der Waals surface area contributed by atoms with Gasteiger partial charge >= 0.3 is 0 Å². The summed E-state index contributed by atoms with van der Waals surface area (Å²) in [6.45, 7) is 7.29. The molecule has 0 spiro atoms. The Kier molecular flexibility index (Phi) is 6.16. The Labute approximate surface area is 200 Å². The van der Waals surface area contributed by atoms with Gasteiger partial charge in [-0.05, 0) is 64.1 Å². The van der Waals surface area contributed by atoms with E-state index in [4.69, 9.17) is 27.9 Å². The van der Waals surface area contributed by atoms with Gasteiger partial charge in [-0.25, -0.2) is 4.98 Å². The molecule has 1 aromatic heterocycles. The van der Waals surface area contributed by atoms with Crippen LogP contribution in [0.3, 0.4) is 0 Å². The van der Waals surface area contributed by atoms with Gasteiger partial charge in [0, 0.05) is 15.5 Å². The van der Waals surface area contributed by atoms with E-state index in [1.54, 1.807) is 43.4 Å². The topological polar surface area (TPSA) is 71.5 Å². The fraction of sp³-hybridized carbons (Fsp3) is 0.261. The molecular formula is C23H21Cl2N3O3S. The molecule has 0 fully saturated rings. The summed E-state index contributed by atoms with van der Waals surface area (Å²) in [5, 5.41) is 4.53. The van der Waals surface area contributed by atoms with E-state index >= 15 is 0 Å². The van der Waals surface area contributed by atoms with Gasteiger partial charge in [0.2, 0.25) is 5.91 Å². The molecule has 166 valence electrons. The zero-order valence-corrected chi connectivity index (χ0v) is 20.2. The van der Waals surface area contributed by atoms with Crippen LogP contribution in [0, 0.1) is 13.8 Å². The van der Waals surface area contributed by atoms with Gasteiger partial charge in [-0.3, -0.25) is 14.5 Å². The summed E-state index contributed by atoms with van der Waals surface area (Å²) in [5.74, 6) is -0.166. The Morgan fingerprint density at radius 3 is 2.66 bits per heavy atom. The standard InChI is InChI=1S/C23H21Cl2N3O3S/c1-11(22(29)27-18-10-16(24)6-7-17(18)25)28-19-9-15(21-13(3)32-14(4)26-21)5-8-20(19)31-12(2)23(28)30/h5-12H,1-4H3,(H,27,29). The zero-order chi connectivity index (χ0) is 23.2. The maximum atomic E-state index is 13.1. The highest BCUT2D eigenvalue weighted by Gasteiger charge is 2.37. The number of nitrogens with one attached hydrogen (secondary N) is 1. The number of amides is 2. The lowest BCUT2D eigenvalue weighted by atomic mass is 10.1. The molecule has 2 heterocycles. The maximum Gasteiger partial charge on any atom is 0.268 e. The molecule has 32 heavy (non-hydrogen) atoms. The Morgan fingerprint density at radius 1 is 1.22 bits per heavy atom. The van der Waals surface area contributed by atoms with E-state index in [1.807, 2.05) is 32.0 Å². The van der Waals surface area contributed by atoms with Crippen molar-refractivity contribution in [3.63, 3.8) is 0 Å². The molecule has 1 aliphatic heterocycles. The van der Waals surface area contributed by atoms with Gasteiger partial charge in [0.05, 0.1) is 27.1 Å². The molecule has 0 saturated heterocycles. The van der Waals surface area contributed by atoms with Gasteiger partial charge < -0.3 is 10.1 Å². The molecule has 0 bridgehead atoms. The van der Waals surface area contributed by atoms with Crippen LogP contribution in [0.15, 0.2) is 36.4 Å². The number of benzene rings is 2. The number of carbonyl (C=O) groups excluding carboxylic acids is 2. The van der Waals surface area contributed by atoms with Crippen molar-refractivity contribution in [2.24, 2.45) is 0 Å². The summed E-state index contributed by atoms with van der Waals surface area (Å²) in [7, 11) is 0. The number of hydrogen-bond acceptors (Lipinski definition) is 5. The van der Waals surface area contributed by atoms with E-state index in [-0.39, 0.29) is 5.91 Å². The van der Waals surface area contributed by atoms with Crippen molar-refractivity contribution in [2.75, 3.05) is 10.2 Å². The fourth-order valence-electron chi connectivity index (χ4n) is 3.65. The summed E-state index contributed by atoms with van der Waals surface area (Å²) in [5.41, 5.74) is 2.61. The monoisotopic (exact) mass is 489 g/mol. The number of nitrogens with zero attached hydrogens (tertiary/aromatic N) is 2. The zero-order valence-electron chi connectivity index (χ0n) is 17.9. The minimum Gasteiger partial charge on any atom is -0.479 e. The number of anilines is 2. The molecule has 2 atom stereocenters. The Balaban J connectivity index is 1.71. The molecule has 2 amide bonds. The van der Waals surface area contributed by atoms with Crippen LogP contribution in [0.5, 0.6) is 5.75 Å². The van der Waals surface area contributed by atoms with E-state index in [0.29, 0.717) is 27.2 Å². The minimum atomic E-state index is -0.823. The van der Waals surface area contributed by atoms with E-state index < -0.39 is 18.1 Å². The van der Waals surface area contributed by atoms with Gasteiger partial charge in [-0.2, -0.15) is 0 Å². The number of hydrogen-bond donors (Lipinski definition) is 1. The second-order valence-corrected chi connectivity index (χ2v) is 9.83. The number of ether oxygens (including phenoxy) is 1. The van der Waals surface area contributed by atoms with Crippen LogP contribution in [-0.2, 0) is 9.59 Å². The minimum absolute atomic E-state index is 0.305. The normalized spacial score (nSPS) is 16.4. The van der Waals surface area contributed by atoms with Gasteiger partial charge in [-0.1, -0.05) is 23.2 Å². The van der Waals surface area contributed by atoms with E-state index in [1.165, 1.54) is 4.90 Å². The number of halogens is 2. The van der Waals surface area contributed by atoms with Crippen LogP contribution in [0.4, 0.5) is 11.4 Å². The van der Waals surface area contributed by atoms with Gasteiger partial charge in [0.25, 0.3) is 5.91 Å². The van der Waals surface area contributed by atoms with Crippen molar-refractivity contribution in [3.05, 3.63) is 56.3 Å². The molecule has 2 aromatic carbocycles. The first-order chi connectivity index (χ1) is 15.2. The molecule has 0 saturated carbocycles. The van der Waals surface area contributed by atoms with Crippen molar-refractivity contribution in [2.45, 2.75) is 39.8 Å². The van der Waals surface area contributed by atoms with Crippen LogP contribution in [0.2, 0.25) is 10.0 Å². The molecule has 1 N–H and O–H groups in total. The van der Waals surface area contributed by atoms with Gasteiger partial charge in [0.1, 0.15) is 11.8 Å². The SMILES string of the molecule is Cc1nc(-c2ccc3c(c2)N(C(C)C(=O)Nc2cc(Cl)ccc2Cl)C(=O)C(C)O3)c(C)s1. The summed E-state index contributed by atoms with van der Waals surface area (Å²) < 4.78 is 5.80. The quantitative estimate of drug-likeness (QED) is 0.496. The van der Waals surface area contributed by atoms with E-state index in [2.05, 4.69) is 10.3 Å². The number of aryl methyl sites for hydroxylation is 2. The number of fused-ring (bicyclic) bond motifs is 1. The second kappa shape index (κ2) is 8.73. The third-order valence-electron chi connectivity index (χ3n) is 5.24. The maximum absolute atomic E-state index is 13.1. The van der Waals surface area contributed by atoms with E-state index in [9.17, 15) is 9.59 Å². The molecule has 2 unspecified atom stereocenters. The molecule has 0 radical (unpaired) electrons. The van der Waals surface area contributed by atoms with Crippen molar-refractivity contribution >= 4 is 57.7 Å². The third kappa shape index (κ3) is 4.20. The highest BCUT2D eigenvalue weighted by molar-refractivity contribution is 7.11. The predicted octanol–water partition coefficient (Wildman–Crippen LogP) is 5.87. The van der Waals surface area contributed by atoms with Crippen molar-refractivity contribution in [1.82, 2.24) is 4.98 Å². The van der Waals surface area contributed by atoms with Crippen molar-refractivity contribution < 1.29 is 14.3 Å².